The van der Waals surface area contributed by atoms with E-state index in [-0.39, 0.29) is 11.9 Å². The molecule has 2 aromatic heterocycles. The first-order valence-corrected chi connectivity index (χ1v) is 7.92. The van der Waals surface area contributed by atoms with E-state index in [0.717, 1.165) is 27.2 Å². The van der Waals surface area contributed by atoms with Crippen molar-refractivity contribution in [2.45, 2.75) is 19.4 Å². The molecule has 0 fully saturated rings. The standard InChI is InChI=1S/C17H17NO3S/c1-11(16-4-3-7-22-16)18-17(19)8-12-10-21-15-9-13(20-2)5-6-14(12)15/h3-7,9-11H,8H2,1-2H3,(H,18,19)/t11-/m0/s1. The fraction of sp³-hybridized carbons (Fsp3) is 0.235. The molecule has 3 rings (SSSR count). The van der Waals surface area contributed by atoms with Gasteiger partial charge in [-0.2, -0.15) is 0 Å². The number of nitrogens with one attached hydrogen (secondary N) is 1. The molecule has 0 saturated heterocycles. The van der Waals surface area contributed by atoms with Crippen LogP contribution in [-0.2, 0) is 11.2 Å². The summed E-state index contributed by atoms with van der Waals surface area (Å²) in [4.78, 5) is 13.4. The molecule has 0 aliphatic carbocycles. The lowest BCUT2D eigenvalue weighted by molar-refractivity contribution is -0.121. The van der Waals surface area contributed by atoms with E-state index < -0.39 is 0 Å². The molecule has 114 valence electrons. The lowest BCUT2D eigenvalue weighted by Crippen LogP contribution is -2.27. The molecule has 2 heterocycles. The molecule has 0 saturated carbocycles. The van der Waals surface area contributed by atoms with Gasteiger partial charge in [-0.15, -0.1) is 11.3 Å². The van der Waals surface area contributed by atoms with Crippen LogP contribution in [0.4, 0.5) is 0 Å². The molecule has 0 aliphatic heterocycles. The Bertz CT molecular complexity index is 776. The van der Waals surface area contributed by atoms with Crippen LogP contribution in [0.25, 0.3) is 11.0 Å². The van der Waals surface area contributed by atoms with Crippen molar-refractivity contribution in [3.63, 3.8) is 0 Å². The number of carbonyl (C=O) groups excluding carboxylic acids is 1. The summed E-state index contributed by atoms with van der Waals surface area (Å²) in [5.74, 6) is 0.726. The number of fused-ring (bicyclic) bond motifs is 1. The molecule has 0 bridgehead atoms. The number of rotatable bonds is 5. The van der Waals surface area contributed by atoms with Gasteiger partial charge in [0.25, 0.3) is 0 Å². The van der Waals surface area contributed by atoms with Crippen LogP contribution < -0.4 is 10.1 Å². The van der Waals surface area contributed by atoms with Gasteiger partial charge in [-0.25, -0.2) is 0 Å². The summed E-state index contributed by atoms with van der Waals surface area (Å²) in [6.45, 7) is 1.99. The van der Waals surface area contributed by atoms with E-state index in [1.165, 1.54) is 0 Å². The van der Waals surface area contributed by atoms with Gasteiger partial charge in [0.1, 0.15) is 11.3 Å². The van der Waals surface area contributed by atoms with Crippen LogP contribution in [0, 0.1) is 0 Å². The Kier molecular flexibility index (Phi) is 4.15. The normalized spacial score (nSPS) is 12.3. The molecule has 0 unspecified atom stereocenters. The molecule has 22 heavy (non-hydrogen) atoms. The predicted octanol–water partition coefficient (Wildman–Crippen LogP) is 3.92. The maximum absolute atomic E-state index is 12.2. The van der Waals surface area contributed by atoms with Crippen molar-refractivity contribution >= 4 is 28.2 Å². The SMILES string of the molecule is COc1ccc2c(CC(=O)N[C@@H](C)c3cccs3)coc2c1. The Morgan fingerprint density at radius 1 is 1.41 bits per heavy atom. The molecule has 4 nitrogen and oxygen atoms in total. The minimum absolute atomic E-state index is 0.0144. The summed E-state index contributed by atoms with van der Waals surface area (Å²) in [6, 6.07) is 9.64. The van der Waals surface area contributed by atoms with Gasteiger partial charge in [-0.1, -0.05) is 6.07 Å². The molecular formula is C17H17NO3S. The summed E-state index contributed by atoms with van der Waals surface area (Å²) in [6.07, 6.45) is 1.94. The highest BCUT2D eigenvalue weighted by Gasteiger charge is 2.14. The van der Waals surface area contributed by atoms with E-state index in [9.17, 15) is 4.79 Å². The Labute approximate surface area is 132 Å². The van der Waals surface area contributed by atoms with E-state index in [1.54, 1.807) is 24.7 Å². The van der Waals surface area contributed by atoms with E-state index in [2.05, 4.69) is 5.32 Å². The number of hydrogen-bond donors (Lipinski definition) is 1. The fourth-order valence-electron chi connectivity index (χ4n) is 2.40. The van der Waals surface area contributed by atoms with Gasteiger partial charge >= 0.3 is 0 Å². The number of amides is 1. The monoisotopic (exact) mass is 315 g/mol. The van der Waals surface area contributed by atoms with Crippen LogP contribution >= 0.6 is 11.3 Å². The summed E-state index contributed by atoms with van der Waals surface area (Å²) in [7, 11) is 1.62. The quantitative estimate of drug-likeness (QED) is 0.776. The Morgan fingerprint density at radius 2 is 2.27 bits per heavy atom. The number of ether oxygens (including phenoxy) is 1. The van der Waals surface area contributed by atoms with E-state index >= 15 is 0 Å². The van der Waals surface area contributed by atoms with Crippen LogP contribution in [-0.4, -0.2) is 13.0 Å². The molecule has 5 heteroatoms. The van der Waals surface area contributed by atoms with Crippen molar-refractivity contribution in [2.75, 3.05) is 7.11 Å². The van der Waals surface area contributed by atoms with Crippen LogP contribution in [0.2, 0.25) is 0 Å². The lowest BCUT2D eigenvalue weighted by atomic mass is 10.1. The maximum atomic E-state index is 12.2. The zero-order chi connectivity index (χ0) is 15.5. The highest BCUT2D eigenvalue weighted by Crippen LogP contribution is 2.26. The third-order valence-electron chi connectivity index (χ3n) is 3.56. The van der Waals surface area contributed by atoms with Gasteiger partial charge in [0.05, 0.1) is 25.8 Å². The van der Waals surface area contributed by atoms with Crippen molar-refractivity contribution in [1.29, 1.82) is 0 Å². The molecule has 1 atom stereocenters. The smallest absolute Gasteiger partial charge is 0.225 e. The van der Waals surface area contributed by atoms with E-state index in [1.807, 2.05) is 42.6 Å². The second-order valence-corrected chi connectivity index (χ2v) is 6.08. The average molecular weight is 315 g/mol. The largest absolute Gasteiger partial charge is 0.497 e. The zero-order valence-corrected chi connectivity index (χ0v) is 13.3. The third kappa shape index (κ3) is 2.99. The molecule has 0 radical (unpaired) electrons. The number of methoxy groups -OCH3 is 1. The second-order valence-electron chi connectivity index (χ2n) is 5.10. The minimum Gasteiger partial charge on any atom is -0.497 e. The highest BCUT2D eigenvalue weighted by molar-refractivity contribution is 7.10. The van der Waals surface area contributed by atoms with Crippen molar-refractivity contribution in [1.82, 2.24) is 5.32 Å². The summed E-state index contributed by atoms with van der Waals surface area (Å²) >= 11 is 1.64. The number of hydrogen-bond acceptors (Lipinski definition) is 4. The van der Waals surface area contributed by atoms with Crippen LogP contribution in [0.15, 0.2) is 46.4 Å². The molecule has 0 spiro atoms. The van der Waals surface area contributed by atoms with Gasteiger partial charge < -0.3 is 14.5 Å². The maximum Gasteiger partial charge on any atom is 0.225 e. The average Bonchev–Trinajstić information content (AvgIpc) is 3.16. The Balaban J connectivity index is 1.71. The van der Waals surface area contributed by atoms with E-state index in [0.29, 0.717) is 6.42 Å². The highest BCUT2D eigenvalue weighted by atomic mass is 32.1. The van der Waals surface area contributed by atoms with Crippen molar-refractivity contribution in [3.8, 4) is 5.75 Å². The predicted molar refractivity (Wildman–Crippen MR) is 87.3 cm³/mol. The van der Waals surface area contributed by atoms with Gasteiger partial charge in [0, 0.05) is 21.9 Å². The Morgan fingerprint density at radius 3 is 3.00 bits per heavy atom. The van der Waals surface area contributed by atoms with Crippen molar-refractivity contribution in [3.05, 3.63) is 52.4 Å². The summed E-state index contributed by atoms with van der Waals surface area (Å²) in [5.41, 5.74) is 1.61. The molecule has 0 aliphatic rings. The summed E-state index contributed by atoms with van der Waals surface area (Å²) in [5, 5.41) is 5.97. The van der Waals surface area contributed by atoms with Crippen LogP contribution in [0.3, 0.4) is 0 Å². The van der Waals surface area contributed by atoms with E-state index in [4.69, 9.17) is 9.15 Å². The third-order valence-corrected chi connectivity index (χ3v) is 4.62. The number of thiophene rings is 1. The number of carbonyl (C=O) groups is 1. The van der Waals surface area contributed by atoms with Crippen molar-refractivity contribution in [2.24, 2.45) is 0 Å². The van der Waals surface area contributed by atoms with Gasteiger partial charge in [-0.3, -0.25) is 4.79 Å². The first kappa shape index (κ1) is 14.7. The second kappa shape index (κ2) is 6.23. The summed E-state index contributed by atoms with van der Waals surface area (Å²) < 4.78 is 10.7. The minimum atomic E-state index is -0.0144. The molecule has 1 amide bonds. The Hall–Kier alpha value is -2.27. The van der Waals surface area contributed by atoms with Gasteiger partial charge in [0.2, 0.25) is 5.91 Å². The van der Waals surface area contributed by atoms with Gasteiger partial charge in [-0.05, 0) is 30.5 Å². The van der Waals surface area contributed by atoms with Crippen LogP contribution in [0.1, 0.15) is 23.4 Å². The van der Waals surface area contributed by atoms with Crippen LogP contribution in [0.5, 0.6) is 5.75 Å². The molecule has 1 N–H and O–H groups in total. The fourth-order valence-corrected chi connectivity index (χ4v) is 3.14. The van der Waals surface area contributed by atoms with Gasteiger partial charge in [0.15, 0.2) is 0 Å². The lowest BCUT2D eigenvalue weighted by Gasteiger charge is -2.11. The molecule has 3 aromatic rings. The number of furan rings is 1. The first-order valence-electron chi connectivity index (χ1n) is 7.04. The van der Waals surface area contributed by atoms with Crippen molar-refractivity contribution < 1.29 is 13.9 Å². The zero-order valence-electron chi connectivity index (χ0n) is 12.5. The number of benzene rings is 1. The molecule has 1 aromatic carbocycles. The topological polar surface area (TPSA) is 51.5 Å². The first-order chi connectivity index (χ1) is 10.7. The molecular weight excluding hydrogens is 298 g/mol.